The van der Waals surface area contributed by atoms with Gasteiger partial charge in [-0.25, -0.2) is 0 Å². The smallest absolute Gasteiger partial charge is 0.0642 e. The first-order chi connectivity index (χ1) is 10.3. The number of halogens is 1. The summed E-state index contributed by atoms with van der Waals surface area (Å²) < 4.78 is 0. The first kappa shape index (κ1) is 15.2. The summed E-state index contributed by atoms with van der Waals surface area (Å²) in [6.07, 6.45) is 7.94. The lowest BCUT2D eigenvalue weighted by Crippen LogP contribution is -2.27. The normalized spacial score (nSPS) is 23.1. The lowest BCUT2D eigenvalue weighted by molar-refractivity contribution is 0.459. The molecule has 3 heteroatoms. The van der Waals surface area contributed by atoms with E-state index in [-0.39, 0.29) is 0 Å². The number of benzene rings is 1. The second kappa shape index (κ2) is 7.02. The maximum absolute atomic E-state index is 6.55. The molecule has 1 heterocycles. The number of anilines is 1. The van der Waals surface area contributed by atoms with Gasteiger partial charge in [0, 0.05) is 25.7 Å². The Labute approximate surface area is 133 Å². The lowest BCUT2D eigenvalue weighted by Gasteiger charge is -2.27. The molecule has 1 N–H and O–H groups in total. The minimum absolute atomic E-state index is 0.741. The van der Waals surface area contributed by atoms with Gasteiger partial charge in [0.05, 0.1) is 10.7 Å². The molecule has 1 aliphatic carbocycles. The third kappa shape index (κ3) is 3.92. The fourth-order valence-electron chi connectivity index (χ4n) is 3.40. The minimum atomic E-state index is 0.741. The van der Waals surface area contributed by atoms with Crippen LogP contribution in [0.15, 0.2) is 18.2 Å². The number of rotatable bonds is 5. The molecule has 0 spiro atoms. The molecule has 1 aliphatic heterocycles. The Hall–Kier alpha value is -0.730. The monoisotopic (exact) mass is 306 g/mol. The Morgan fingerprint density at radius 2 is 2.05 bits per heavy atom. The predicted octanol–water partition coefficient (Wildman–Crippen LogP) is 4.61. The van der Waals surface area contributed by atoms with E-state index in [0.717, 1.165) is 36.6 Å². The summed E-state index contributed by atoms with van der Waals surface area (Å²) in [5.74, 6) is 0.894. The summed E-state index contributed by atoms with van der Waals surface area (Å²) in [5, 5.41) is 4.55. The second-order valence-corrected chi connectivity index (χ2v) is 7.00. The summed E-state index contributed by atoms with van der Waals surface area (Å²) in [7, 11) is 0. The van der Waals surface area contributed by atoms with Gasteiger partial charge in [0.1, 0.15) is 0 Å². The highest BCUT2D eigenvalue weighted by atomic mass is 35.5. The van der Waals surface area contributed by atoms with E-state index in [9.17, 15) is 0 Å². The SMILES string of the molecule is CCC1CCCN(c2c(Cl)cccc2CNC2CC2)CC1. The van der Waals surface area contributed by atoms with Gasteiger partial charge in [-0.15, -0.1) is 0 Å². The number of nitrogens with zero attached hydrogens (tertiary/aromatic N) is 1. The molecule has 21 heavy (non-hydrogen) atoms. The highest BCUT2D eigenvalue weighted by Crippen LogP contribution is 2.33. The molecular formula is C18H27ClN2. The fourth-order valence-corrected chi connectivity index (χ4v) is 3.71. The Morgan fingerprint density at radius 3 is 2.81 bits per heavy atom. The molecule has 0 bridgehead atoms. The average molecular weight is 307 g/mol. The molecule has 1 saturated carbocycles. The second-order valence-electron chi connectivity index (χ2n) is 6.59. The van der Waals surface area contributed by atoms with Crippen molar-refractivity contribution in [1.29, 1.82) is 0 Å². The largest absolute Gasteiger partial charge is 0.370 e. The maximum Gasteiger partial charge on any atom is 0.0642 e. The first-order valence-electron chi connectivity index (χ1n) is 8.53. The summed E-state index contributed by atoms with van der Waals surface area (Å²) in [6.45, 7) is 5.57. The van der Waals surface area contributed by atoms with Crippen LogP contribution in [0.3, 0.4) is 0 Å². The van der Waals surface area contributed by atoms with Crippen LogP contribution in [0.25, 0.3) is 0 Å². The summed E-state index contributed by atoms with van der Waals surface area (Å²) >= 11 is 6.55. The number of nitrogens with one attached hydrogen (secondary N) is 1. The van der Waals surface area contributed by atoms with Crippen molar-refractivity contribution in [3.63, 3.8) is 0 Å². The standard InChI is InChI=1S/C18H27ClN2/c1-2-14-5-4-11-21(12-10-14)18-15(6-3-7-17(18)19)13-20-16-8-9-16/h3,6-7,14,16,20H,2,4-5,8-13H2,1H3. The van der Waals surface area contributed by atoms with Gasteiger partial charge in [0.2, 0.25) is 0 Å². The van der Waals surface area contributed by atoms with Crippen LogP contribution >= 0.6 is 11.6 Å². The molecule has 0 amide bonds. The van der Waals surface area contributed by atoms with E-state index in [2.05, 4.69) is 29.3 Å². The zero-order valence-corrected chi connectivity index (χ0v) is 13.8. The third-order valence-electron chi connectivity index (χ3n) is 4.97. The van der Waals surface area contributed by atoms with Gasteiger partial charge in [-0.1, -0.05) is 37.1 Å². The van der Waals surface area contributed by atoms with Crippen molar-refractivity contribution in [2.24, 2.45) is 5.92 Å². The molecule has 2 aliphatic rings. The van der Waals surface area contributed by atoms with Crippen molar-refractivity contribution >= 4 is 17.3 Å². The molecular weight excluding hydrogens is 280 g/mol. The Bertz CT molecular complexity index is 470. The van der Waals surface area contributed by atoms with Gasteiger partial charge in [0.15, 0.2) is 0 Å². The molecule has 2 nitrogen and oxygen atoms in total. The van der Waals surface area contributed by atoms with E-state index >= 15 is 0 Å². The summed E-state index contributed by atoms with van der Waals surface area (Å²) in [5.41, 5.74) is 2.65. The first-order valence-corrected chi connectivity index (χ1v) is 8.91. The van der Waals surface area contributed by atoms with Crippen LogP contribution < -0.4 is 10.2 Å². The minimum Gasteiger partial charge on any atom is -0.370 e. The van der Waals surface area contributed by atoms with E-state index in [1.165, 1.54) is 49.8 Å². The van der Waals surface area contributed by atoms with Gasteiger partial charge in [-0.3, -0.25) is 0 Å². The van der Waals surface area contributed by atoms with Gasteiger partial charge >= 0.3 is 0 Å². The maximum atomic E-state index is 6.55. The summed E-state index contributed by atoms with van der Waals surface area (Å²) in [4.78, 5) is 2.53. The fraction of sp³-hybridized carbons (Fsp3) is 0.667. The molecule has 0 radical (unpaired) electrons. The molecule has 2 fully saturated rings. The van der Waals surface area contributed by atoms with E-state index in [4.69, 9.17) is 11.6 Å². The molecule has 0 aromatic heterocycles. The Balaban J connectivity index is 1.75. The van der Waals surface area contributed by atoms with Gasteiger partial charge in [0.25, 0.3) is 0 Å². The number of para-hydroxylation sites is 1. The van der Waals surface area contributed by atoms with Gasteiger partial charge in [-0.2, -0.15) is 0 Å². The summed E-state index contributed by atoms with van der Waals surface area (Å²) in [6, 6.07) is 7.10. The van der Waals surface area contributed by atoms with E-state index in [1.807, 2.05) is 6.07 Å². The molecule has 116 valence electrons. The third-order valence-corrected chi connectivity index (χ3v) is 5.28. The zero-order chi connectivity index (χ0) is 14.7. The van der Waals surface area contributed by atoms with Gasteiger partial charge < -0.3 is 10.2 Å². The average Bonchev–Trinajstić information content (AvgIpc) is 3.32. The zero-order valence-electron chi connectivity index (χ0n) is 13.1. The predicted molar refractivity (Wildman–Crippen MR) is 91.2 cm³/mol. The molecule has 1 atom stereocenters. The van der Waals surface area contributed by atoms with Crippen LogP contribution in [0.5, 0.6) is 0 Å². The number of hydrogen-bond donors (Lipinski definition) is 1. The van der Waals surface area contributed by atoms with Crippen molar-refractivity contribution in [2.75, 3.05) is 18.0 Å². The molecule has 1 unspecified atom stereocenters. The molecule has 1 aromatic carbocycles. The van der Waals surface area contributed by atoms with Crippen LogP contribution in [-0.2, 0) is 6.54 Å². The van der Waals surface area contributed by atoms with E-state index < -0.39 is 0 Å². The van der Waals surface area contributed by atoms with Crippen LogP contribution in [0.2, 0.25) is 5.02 Å². The molecule has 1 saturated heterocycles. The highest BCUT2D eigenvalue weighted by molar-refractivity contribution is 6.33. The van der Waals surface area contributed by atoms with Crippen molar-refractivity contribution in [1.82, 2.24) is 5.32 Å². The van der Waals surface area contributed by atoms with Crippen LogP contribution in [0, 0.1) is 5.92 Å². The van der Waals surface area contributed by atoms with Crippen LogP contribution in [0.4, 0.5) is 5.69 Å². The molecule has 1 aromatic rings. The van der Waals surface area contributed by atoms with Crippen molar-refractivity contribution in [3.8, 4) is 0 Å². The lowest BCUT2D eigenvalue weighted by atomic mass is 9.98. The van der Waals surface area contributed by atoms with Gasteiger partial charge in [-0.05, 0) is 49.7 Å². The van der Waals surface area contributed by atoms with Crippen LogP contribution in [-0.4, -0.2) is 19.1 Å². The molecule has 3 rings (SSSR count). The van der Waals surface area contributed by atoms with Crippen LogP contribution in [0.1, 0.15) is 51.0 Å². The Kier molecular flexibility index (Phi) is 5.07. The van der Waals surface area contributed by atoms with E-state index in [1.54, 1.807) is 0 Å². The number of hydrogen-bond acceptors (Lipinski definition) is 2. The Morgan fingerprint density at radius 1 is 1.19 bits per heavy atom. The van der Waals surface area contributed by atoms with Crippen molar-refractivity contribution in [3.05, 3.63) is 28.8 Å². The quantitative estimate of drug-likeness (QED) is 0.854. The van der Waals surface area contributed by atoms with Crippen molar-refractivity contribution < 1.29 is 0 Å². The highest BCUT2D eigenvalue weighted by Gasteiger charge is 2.23. The van der Waals surface area contributed by atoms with E-state index in [0.29, 0.717) is 0 Å². The van der Waals surface area contributed by atoms with Crippen molar-refractivity contribution in [2.45, 2.75) is 58.0 Å². The topological polar surface area (TPSA) is 15.3 Å².